The number of nitrogens with one attached hydrogen (secondary N) is 1. The second-order valence-corrected chi connectivity index (χ2v) is 9.97. The van der Waals surface area contributed by atoms with E-state index in [0.29, 0.717) is 49.8 Å². The maximum absolute atomic E-state index is 13.4. The van der Waals surface area contributed by atoms with Crippen molar-refractivity contribution in [2.75, 3.05) is 32.9 Å². The van der Waals surface area contributed by atoms with E-state index in [0.717, 1.165) is 19.3 Å². The minimum absolute atomic E-state index is 0.0279. The number of benzene rings is 2. The summed E-state index contributed by atoms with van der Waals surface area (Å²) in [6, 6.07) is 13.5. The lowest BCUT2D eigenvalue weighted by atomic mass is 9.92. The van der Waals surface area contributed by atoms with Crippen molar-refractivity contribution in [3.63, 3.8) is 0 Å². The third-order valence-electron chi connectivity index (χ3n) is 7.82. The second-order valence-electron chi connectivity index (χ2n) is 9.97. The van der Waals surface area contributed by atoms with E-state index in [-0.39, 0.29) is 36.5 Å². The Kier molecular flexibility index (Phi) is 5.96. The van der Waals surface area contributed by atoms with E-state index >= 15 is 0 Å². The minimum atomic E-state index is -0.702. The Balaban J connectivity index is 1.15. The van der Waals surface area contributed by atoms with Gasteiger partial charge in [0.05, 0.1) is 43.5 Å². The maximum Gasteiger partial charge on any atom is 0.257 e. The summed E-state index contributed by atoms with van der Waals surface area (Å²) in [7, 11) is 0. The number of rotatable bonds is 4. The Morgan fingerprint density at radius 1 is 1.11 bits per heavy atom. The number of β-amino-alcohol motifs (C(OH)–C–C–N with tert-alkyl or cyclic N) is 1. The number of aliphatic hydroxyl groups excluding tert-OH is 1. The summed E-state index contributed by atoms with van der Waals surface area (Å²) in [6.45, 7) is 2.79. The second kappa shape index (κ2) is 9.26. The van der Waals surface area contributed by atoms with Crippen LogP contribution in [0.3, 0.4) is 0 Å². The molecule has 35 heavy (non-hydrogen) atoms. The van der Waals surface area contributed by atoms with E-state index in [2.05, 4.69) is 17.4 Å². The molecule has 6 rings (SSSR count). The molecule has 3 unspecified atom stereocenters. The zero-order valence-electron chi connectivity index (χ0n) is 19.7. The van der Waals surface area contributed by atoms with Gasteiger partial charge in [0.2, 0.25) is 0 Å². The molecule has 4 heterocycles. The molecule has 2 aromatic rings. The quantitative estimate of drug-likeness (QED) is 0.695. The van der Waals surface area contributed by atoms with Crippen LogP contribution in [0.25, 0.3) is 0 Å². The van der Waals surface area contributed by atoms with Crippen molar-refractivity contribution in [1.29, 1.82) is 0 Å². The first-order valence-corrected chi connectivity index (χ1v) is 12.5. The van der Waals surface area contributed by atoms with Crippen molar-refractivity contribution in [3.8, 4) is 5.75 Å². The number of amides is 2. The van der Waals surface area contributed by atoms with Crippen molar-refractivity contribution in [2.45, 2.75) is 50.0 Å². The number of hydrogen-bond acceptors (Lipinski definition) is 6. The first kappa shape index (κ1) is 22.5. The van der Waals surface area contributed by atoms with Crippen molar-refractivity contribution < 1.29 is 24.2 Å². The Labute approximate surface area is 204 Å². The zero-order valence-corrected chi connectivity index (χ0v) is 19.7. The van der Waals surface area contributed by atoms with Crippen LogP contribution in [0, 0.1) is 0 Å². The van der Waals surface area contributed by atoms with Crippen LogP contribution in [0.15, 0.2) is 42.5 Å². The van der Waals surface area contributed by atoms with Crippen LogP contribution in [-0.2, 0) is 17.7 Å². The third kappa shape index (κ3) is 4.20. The molecule has 4 aliphatic heterocycles. The molecular weight excluding hydrogens is 446 g/mol. The highest BCUT2D eigenvalue weighted by atomic mass is 16.5. The molecule has 2 amide bonds. The van der Waals surface area contributed by atoms with Gasteiger partial charge >= 0.3 is 0 Å². The average molecular weight is 478 g/mol. The molecule has 2 fully saturated rings. The zero-order chi connectivity index (χ0) is 23.9. The number of ether oxygens (including phenoxy) is 2. The van der Waals surface area contributed by atoms with Crippen molar-refractivity contribution >= 4 is 11.8 Å². The van der Waals surface area contributed by atoms with Gasteiger partial charge in [-0.25, -0.2) is 0 Å². The molecule has 2 saturated heterocycles. The number of morpholine rings is 1. The fourth-order valence-corrected chi connectivity index (χ4v) is 5.88. The van der Waals surface area contributed by atoms with E-state index < -0.39 is 6.10 Å². The summed E-state index contributed by atoms with van der Waals surface area (Å²) in [4.78, 5) is 30.2. The number of nitrogens with zero attached hydrogens (tertiary/aromatic N) is 2. The third-order valence-corrected chi connectivity index (χ3v) is 7.82. The van der Waals surface area contributed by atoms with E-state index in [4.69, 9.17) is 9.47 Å². The summed E-state index contributed by atoms with van der Waals surface area (Å²) in [5, 5.41) is 14.4. The van der Waals surface area contributed by atoms with Gasteiger partial charge in [-0.3, -0.25) is 9.59 Å². The first-order valence-electron chi connectivity index (χ1n) is 12.5. The predicted octanol–water partition coefficient (Wildman–Crippen LogP) is 1.60. The molecular formula is C27H31N3O5. The highest BCUT2D eigenvalue weighted by Gasteiger charge is 2.41. The highest BCUT2D eigenvalue weighted by Crippen LogP contribution is 2.32. The highest BCUT2D eigenvalue weighted by molar-refractivity contribution is 6.00. The molecule has 0 aliphatic carbocycles. The first-order chi connectivity index (χ1) is 17.1. The molecule has 8 heteroatoms. The maximum atomic E-state index is 13.4. The number of fused-ring (bicyclic) bond motifs is 4. The Morgan fingerprint density at radius 2 is 1.89 bits per heavy atom. The van der Waals surface area contributed by atoms with E-state index in [1.165, 1.54) is 11.1 Å². The number of carbonyl (C=O) groups excluding carboxylic acids is 2. The van der Waals surface area contributed by atoms with Crippen molar-refractivity contribution in [2.24, 2.45) is 0 Å². The topological polar surface area (TPSA) is 91.3 Å². The summed E-state index contributed by atoms with van der Waals surface area (Å²) >= 11 is 0. The van der Waals surface area contributed by atoms with Gasteiger partial charge in [0.15, 0.2) is 0 Å². The van der Waals surface area contributed by atoms with Crippen LogP contribution in [0.1, 0.15) is 44.7 Å². The minimum Gasteiger partial charge on any atom is -0.491 e. The molecule has 2 aromatic carbocycles. The predicted molar refractivity (Wildman–Crippen MR) is 128 cm³/mol. The van der Waals surface area contributed by atoms with Gasteiger partial charge in [-0.15, -0.1) is 0 Å². The summed E-state index contributed by atoms with van der Waals surface area (Å²) in [5.74, 6) is 0.223. The fraction of sp³-hybridized carbons (Fsp3) is 0.481. The summed E-state index contributed by atoms with van der Waals surface area (Å²) in [5.41, 5.74) is 3.45. The van der Waals surface area contributed by atoms with Crippen LogP contribution in [0.2, 0.25) is 0 Å². The van der Waals surface area contributed by atoms with E-state index in [1.54, 1.807) is 23.1 Å². The summed E-state index contributed by atoms with van der Waals surface area (Å²) in [6.07, 6.45) is 1.96. The smallest absolute Gasteiger partial charge is 0.257 e. The molecule has 4 atom stereocenters. The van der Waals surface area contributed by atoms with Crippen LogP contribution < -0.4 is 10.1 Å². The van der Waals surface area contributed by atoms with Crippen LogP contribution in [0.5, 0.6) is 5.75 Å². The fourth-order valence-electron chi connectivity index (χ4n) is 5.88. The van der Waals surface area contributed by atoms with Gasteiger partial charge < -0.3 is 29.7 Å². The van der Waals surface area contributed by atoms with E-state index in [9.17, 15) is 14.7 Å². The van der Waals surface area contributed by atoms with Crippen LogP contribution in [-0.4, -0.2) is 83.9 Å². The molecule has 0 aromatic heterocycles. The largest absolute Gasteiger partial charge is 0.491 e. The molecule has 4 aliphatic rings. The average Bonchev–Trinajstić information content (AvgIpc) is 3.04. The Morgan fingerprint density at radius 3 is 2.69 bits per heavy atom. The Hall–Kier alpha value is -2.94. The number of carbonyl (C=O) groups is 2. The molecule has 2 bridgehead atoms. The van der Waals surface area contributed by atoms with Gasteiger partial charge in [-0.2, -0.15) is 0 Å². The lowest BCUT2D eigenvalue weighted by Gasteiger charge is -2.34. The number of hydrogen-bond donors (Lipinski definition) is 2. The molecule has 8 nitrogen and oxygen atoms in total. The monoisotopic (exact) mass is 477 g/mol. The van der Waals surface area contributed by atoms with Crippen molar-refractivity contribution in [3.05, 3.63) is 64.7 Å². The molecule has 0 spiro atoms. The lowest BCUT2D eigenvalue weighted by molar-refractivity contribution is -0.00717. The van der Waals surface area contributed by atoms with Gasteiger partial charge in [0.25, 0.3) is 11.8 Å². The molecule has 0 saturated carbocycles. The van der Waals surface area contributed by atoms with Crippen LogP contribution in [0.4, 0.5) is 0 Å². The van der Waals surface area contributed by atoms with Gasteiger partial charge in [-0.05, 0) is 48.6 Å². The van der Waals surface area contributed by atoms with Crippen molar-refractivity contribution in [1.82, 2.24) is 15.1 Å². The Bertz CT molecular complexity index is 1120. The van der Waals surface area contributed by atoms with Gasteiger partial charge in [-0.1, -0.05) is 24.3 Å². The standard InChI is InChI=1S/C27H31N3O5/c31-24(23-11-17-3-1-2-4-19(17)13-28-23)14-29-9-10-35-25-12-18(5-8-22(25)27(29)33)26(32)30-20-6-7-21(30)16-34-15-20/h1-5,8,12,20-21,23-24,28,31H,6-7,9-11,13-16H2/t20?,21?,23-,24?/m0/s1. The summed E-state index contributed by atoms with van der Waals surface area (Å²) < 4.78 is 11.5. The molecule has 2 N–H and O–H groups in total. The van der Waals surface area contributed by atoms with E-state index in [1.807, 2.05) is 17.0 Å². The molecule has 0 radical (unpaired) electrons. The van der Waals surface area contributed by atoms with Gasteiger partial charge in [0.1, 0.15) is 12.4 Å². The van der Waals surface area contributed by atoms with Crippen LogP contribution >= 0.6 is 0 Å². The number of aliphatic hydroxyl groups is 1. The normalized spacial score (nSPS) is 26.4. The van der Waals surface area contributed by atoms with Gasteiger partial charge in [0, 0.05) is 24.7 Å². The SMILES string of the molecule is O=C1c2ccc(C(=O)N3C4CCC3COC4)cc2OCCN1CC(O)[C@@H]1Cc2ccccc2CN1. The molecule has 184 valence electrons. The lowest BCUT2D eigenvalue weighted by Crippen LogP contribution is -2.50.